The van der Waals surface area contributed by atoms with E-state index in [4.69, 9.17) is 10.5 Å². The zero-order valence-corrected chi connectivity index (χ0v) is 12.3. The summed E-state index contributed by atoms with van der Waals surface area (Å²) in [6.45, 7) is 2.55. The van der Waals surface area contributed by atoms with Crippen molar-refractivity contribution in [2.45, 2.75) is 38.1 Å². The van der Waals surface area contributed by atoms with Gasteiger partial charge in [-0.3, -0.25) is 4.79 Å². The van der Waals surface area contributed by atoms with Gasteiger partial charge in [0.25, 0.3) is 0 Å². The molecule has 20 heavy (non-hydrogen) atoms. The highest BCUT2D eigenvalue weighted by atomic mass is 16.5. The van der Waals surface area contributed by atoms with E-state index in [1.165, 1.54) is 12.8 Å². The maximum Gasteiger partial charge on any atom is 0.220 e. The second-order valence-electron chi connectivity index (χ2n) is 5.76. The van der Waals surface area contributed by atoms with Crippen LogP contribution in [0.1, 0.15) is 31.7 Å². The quantitative estimate of drug-likeness (QED) is 0.799. The van der Waals surface area contributed by atoms with Gasteiger partial charge in [-0.15, -0.1) is 0 Å². The molecule has 1 atom stereocenters. The minimum absolute atomic E-state index is 0.0655. The van der Waals surface area contributed by atoms with Crippen LogP contribution in [-0.2, 0) is 11.2 Å². The van der Waals surface area contributed by atoms with Gasteiger partial charge in [-0.05, 0) is 43.7 Å². The Kier molecular flexibility index (Phi) is 4.65. The van der Waals surface area contributed by atoms with Crippen molar-refractivity contribution >= 4 is 5.91 Å². The molecule has 0 aromatic heterocycles. The van der Waals surface area contributed by atoms with Crippen LogP contribution < -0.4 is 15.8 Å². The first-order chi connectivity index (χ1) is 9.59. The third-order valence-electron chi connectivity index (χ3n) is 4.14. The van der Waals surface area contributed by atoms with Crippen molar-refractivity contribution in [3.05, 3.63) is 29.8 Å². The highest BCUT2D eigenvalue weighted by Crippen LogP contribution is 2.39. The number of carbonyl (C=O) groups excluding carboxylic acids is 1. The van der Waals surface area contributed by atoms with Crippen molar-refractivity contribution in [3.63, 3.8) is 0 Å². The van der Waals surface area contributed by atoms with E-state index in [-0.39, 0.29) is 11.4 Å². The van der Waals surface area contributed by atoms with Gasteiger partial charge in [0.05, 0.1) is 12.6 Å². The maximum absolute atomic E-state index is 12.1. The average Bonchev–Trinajstić information content (AvgIpc) is 3.30. The molecule has 4 heteroatoms. The molecule has 0 saturated heterocycles. The number of carbonyl (C=O) groups is 1. The number of rotatable bonds is 7. The van der Waals surface area contributed by atoms with E-state index < -0.39 is 0 Å². The lowest BCUT2D eigenvalue weighted by Gasteiger charge is -2.29. The first-order valence-corrected chi connectivity index (χ1v) is 7.22. The zero-order chi connectivity index (χ0) is 14.6. The predicted molar refractivity (Wildman–Crippen MR) is 79.6 cm³/mol. The number of hydrogen-bond acceptors (Lipinski definition) is 3. The van der Waals surface area contributed by atoms with Gasteiger partial charge in [-0.1, -0.05) is 18.2 Å². The molecular formula is C16H24N2O2. The fraction of sp³-hybridized carbons (Fsp3) is 0.562. The summed E-state index contributed by atoms with van der Waals surface area (Å²) in [4.78, 5) is 12.1. The maximum atomic E-state index is 12.1. The van der Waals surface area contributed by atoms with Gasteiger partial charge in [-0.2, -0.15) is 0 Å². The molecule has 1 unspecified atom stereocenters. The number of para-hydroxylation sites is 1. The Hall–Kier alpha value is -1.55. The van der Waals surface area contributed by atoms with Crippen molar-refractivity contribution in [3.8, 4) is 5.75 Å². The minimum Gasteiger partial charge on any atom is -0.496 e. The fourth-order valence-electron chi connectivity index (χ4n) is 2.58. The Balaban J connectivity index is 1.88. The van der Waals surface area contributed by atoms with Crippen molar-refractivity contribution in [1.29, 1.82) is 0 Å². The molecule has 0 spiro atoms. The second-order valence-corrected chi connectivity index (χ2v) is 5.76. The normalized spacial score (nSPS) is 17.4. The van der Waals surface area contributed by atoms with E-state index in [9.17, 15) is 4.79 Å². The molecule has 4 nitrogen and oxygen atoms in total. The number of hydrogen-bond donors (Lipinski definition) is 2. The van der Waals surface area contributed by atoms with Crippen LogP contribution in [-0.4, -0.2) is 25.1 Å². The summed E-state index contributed by atoms with van der Waals surface area (Å²) in [6, 6.07) is 7.81. The molecule has 1 aromatic rings. The lowest BCUT2D eigenvalue weighted by Crippen LogP contribution is -2.53. The van der Waals surface area contributed by atoms with Gasteiger partial charge in [0.1, 0.15) is 5.75 Å². The fourth-order valence-corrected chi connectivity index (χ4v) is 2.58. The molecule has 110 valence electrons. The highest BCUT2D eigenvalue weighted by molar-refractivity contribution is 5.77. The van der Waals surface area contributed by atoms with Crippen molar-refractivity contribution in [1.82, 2.24) is 5.32 Å². The molecular weight excluding hydrogens is 252 g/mol. The van der Waals surface area contributed by atoms with Crippen molar-refractivity contribution < 1.29 is 9.53 Å². The van der Waals surface area contributed by atoms with Gasteiger partial charge < -0.3 is 15.8 Å². The Morgan fingerprint density at radius 1 is 1.45 bits per heavy atom. The Morgan fingerprint density at radius 2 is 2.15 bits per heavy atom. The standard InChI is InChI=1S/C16H24N2O2/c1-16(11-17,13-8-9-13)18-15(19)10-7-12-5-3-4-6-14(12)20-2/h3-6,13H,7-11,17H2,1-2H3,(H,18,19). The summed E-state index contributed by atoms with van der Waals surface area (Å²) < 4.78 is 5.30. The SMILES string of the molecule is COc1ccccc1CCC(=O)NC(C)(CN)C1CC1. The first kappa shape index (κ1) is 14.9. The first-order valence-electron chi connectivity index (χ1n) is 7.22. The number of nitrogens with one attached hydrogen (secondary N) is 1. The van der Waals surface area contributed by atoms with Gasteiger partial charge in [0.2, 0.25) is 5.91 Å². The molecule has 0 heterocycles. The van der Waals surface area contributed by atoms with Crippen molar-refractivity contribution in [2.75, 3.05) is 13.7 Å². The Morgan fingerprint density at radius 3 is 2.75 bits per heavy atom. The number of aryl methyl sites for hydroxylation is 1. The summed E-state index contributed by atoms with van der Waals surface area (Å²) in [5, 5.41) is 3.11. The third kappa shape index (κ3) is 3.51. The van der Waals surface area contributed by atoms with Gasteiger partial charge in [-0.25, -0.2) is 0 Å². The number of benzene rings is 1. The summed E-state index contributed by atoms with van der Waals surface area (Å²) in [7, 11) is 1.65. The lowest BCUT2D eigenvalue weighted by molar-refractivity contribution is -0.123. The average molecular weight is 276 g/mol. The van der Waals surface area contributed by atoms with Crippen LogP contribution in [0.15, 0.2) is 24.3 Å². The van der Waals surface area contributed by atoms with Gasteiger partial charge in [0, 0.05) is 13.0 Å². The summed E-state index contributed by atoms with van der Waals surface area (Å²) in [5.74, 6) is 1.45. The van der Waals surface area contributed by atoms with E-state index in [2.05, 4.69) is 5.32 Å². The van der Waals surface area contributed by atoms with Crippen LogP contribution in [0.4, 0.5) is 0 Å². The molecule has 1 fully saturated rings. The van der Waals surface area contributed by atoms with E-state index in [1.54, 1.807) is 7.11 Å². The Labute approximate surface area is 120 Å². The molecule has 0 radical (unpaired) electrons. The minimum atomic E-state index is -0.238. The molecule has 0 aliphatic heterocycles. The lowest BCUT2D eigenvalue weighted by atomic mass is 9.95. The topological polar surface area (TPSA) is 64.3 Å². The van der Waals surface area contributed by atoms with Crippen LogP contribution in [0, 0.1) is 5.92 Å². The second kappa shape index (κ2) is 6.27. The smallest absolute Gasteiger partial charge is 0.220 e. The van der Waals surface area contributed by atoms with Crippen LogP contribution in [0.2, 0.25) is 0 Å². The van der Waals surface area contributed by atoms with Crippen LogP contribution in [0.5, 0.6) is 5.75 Å². The predicted octanol–water partition coefficient (Wildman–Crippen LogP) is 1.87. The zero-order valence-electron chi connectivity index (χ0n) is 12.3. The number of amides is 1. The Bertz CT molecular complexity index is 471. The molecule has 1 saturated carbocycles. The van der Waals surface area contributed by atoms with Crippen LogP contribution in [0.25, 0.3) is 0 Å². The number of ether oxygens (including phenoxy) is 1. The molecule has 1 amide bonds. The number of methoxy groups -OCH3 is 1. The highest BCUT2D eigenvalue weighted by Gasteiger charge is 2.41. The monoisotopic (exact) mass is 276 g/mol. The van der Waals surface area contributed by atoms with E-state index in [0.717, 1.165) is 11.3 Å². The van der Waals surface area contributed by atoms with E-state index in [1.807, 2.05) is 31.2 Å². The number of nitrogens with two attached hydrogens (primary N) is 1. The van der Waals surface area contributed by atoms with Crippen LogP contribution >= 0.6 is 0 Å². The summed E-state index contributed by atoms with van der Waals surface area (Å²) >= 11 is 0. The molecule has 1 aliphatic carbocycles. The summed E-state index contributed by atoms with van der Waals surface area (Å²) in [6.07, 6.45) is 3.48. The largest absolute Gasteiger partial charge is 0.496 e. The van der Waals surface area contributed by atoms with Crippen LogP contribution in [0.3, 0.4) is 0 Å². The van der Waals surface area contributed by atoms with Gasteiger partial charge >= 0.3 is 0 Å². The van der Waals surface area contributed by atoms with Crippen molar-refractivity contribution in [2.24, 2.45) is 11.7 Å². The third-order valence-corrected chi connectivity index (χ3v) is 4.14. The van der Waals surface area contributed by atoms with E-state index >= 15 is 0 Å². The molecule has 3 N–H and O–H groups in total. The van der Waals surface area contributed by atoms with E-state index in [0.29, 0.717) is 25.3 Å². The molecule has 1 aromatic carbocycles. The molecule has 0 bridgehead atoms. The van der Waals surface area contributed by atoms with Gasteiger partial charge in [0.15, 0.2) is 0 Å². The molecule has 2 rings (SSSR count). The summed E-state index contributed by atoms with van der Waals surface area (Å²) in [5.41, 5.74) is 6.64. The molecule has 1 aliphatic rings.